The molecule has 0 unspecified atom stereocenters. The molecule has 1 rings (SSSR count). The molecule has 1 aromatic rings. The van der Waals surface area contributed by atoms with Crippen molar-refractivity contribution < 1.29 is 0 Å². The maximum atomic E-state index is 4.11. The zero-order valence-corrected chi connectivity index (χ0v) is 7.97. The summed E-state index contributed by atoms with van der Waals surface area (Å²) < 4.78 is 0. The molecular formula is C8H13N3S. The zero-order valence-electron chi connectivity index (χ0n) is 7.16. The van der Waals surface area contributed by atoms with Crippen LogP contribution in [-0.2, 0) is 0 Å². The standard InChI is InChI=1S/C8H13N3S/c1-9-4-2-6-12-8-3-5-10-7-11-8/h3,5,7,9H,2,4,6H2,1H3. The minimum Gasteiger partial charge on any atom is -0.320 e. The van der Waals surface area contributed by atoms with Crippen LogP contribution in [0.1, 0.15) is 6.42 Å². The van der Waals surface area contributed by atoms with E-state index < -0.39 is 0 Å². The molecule has 0 radical (unpaired) electrons. The first-order chi connectivity index (χ1) is 5.93. The first-order valence-electron chi connectivity index (χ1n) is 3.97. The van der Waals surface area contributed by atoms with Crippen LogP contribution in [0.4, 0.5) is 0 Å². The topological polar surface area (TPSA) is 37.8 Å². The SMILES string of the molecule is CNCCCSc1ccncn1. The highest BCUT2D eigenvalue weighted by atomic mass is 32.2. The number of hydrogen-bond donors (Lipinski definition) is 1. The van der Waals surface area contributed by atoms with Crippen molar-refractivity contribution in [3.8, 4) is 0 Å². The molecule has 0 bridgehead atoms. The molecule has 0 aliphatic rings. The van der Waals surface area contributed by atoms with Crippen LogP contribution < -0.4 is 5.32 Å². The molecule has 0 fully saturated rings. The van der Waals surface area contributed by atoms with Gasteiger partial charge >= 0.3 is 0 Å². The lowest BCUT2D eigenvalue weighted by Gasteiger charge is -1.98. The van der Waals surface area contributed by atoms with Crippen LogP contribution in [0.3, 0.4) is 0 Å². The molecular weight excluding hydrogens is 170 g/mol. The maximum absolute atomic E-state index is 4.11. The summed E-state index contributed by atoms with van der Waals surface area (Å²) in [7, 11) is 1.97. The Morgan fingerprint density at radius 3 is 3.17 bits per heavy atom. The molecule has 0 aliphatic heterocycles. The first-order valence-corrected chi connectivity index (χ1v) is 4.95. The molecule has 1 heterocycles. The minimum atomic E-state index is 1.06. The summed E-state index contributed by atoms with van der Waals surface area (Å²) in [5, 5.41) is 4.16. The van der Waals surface area contributed by atoms with Gasteiger partial charge in [0.2, 0.25) is 0 Å². The van der Waals surface area contributed by atoms with Gasteiger partial charge in [0.05, 0.1) is 5.03 Å². The van der Waals surface area contributed by atoms with Crippen molar-refractivity contribution in [3.05, 3.63) is 18.6 Å². The molecule has 0 aliphatic carbocycles. The van der Waals surface area contributed by atoms with Crippen molar-refractivity contribution in [3.63, 3.8) is 0 Å². The van der Waals surface area contributed by atoms with Crippen LogP contribution >= 0.6 is 11.8 Å². The van der Waals surface area contributed by atoms with Crippen molar-refractivity contribution in [1.82, 2.24) is 15.3 Å². The number of nitrogens with one attached hydrogen (secondary N) is 1. The Bertz CT molecular complexity index is 203. The normalized spacial score (nSPS) is 10.1. The molecule has 66 valence electrons. The van der Waals surface area contributed by atoms with E-state index in [2.05, 4.69) is 15.3 Å². The van der Waals surface area contributed by atoms with Crippen LogP contribution in [0.15, 0.2) is 23.6 Å². The van der Waals surface area contributed by atoms with Gasteiger partial charge in [-0.05, 0) is 26.1 Å². The van der Waals surface area contributed by atoms with Gasteiger partial charge < -0.3 is 5.32 Å². The molecule has 12 heavy (non-hydrogen) atoms. The lowest BCUT2D eigenvalue weighted by molar-refractivity contribution is 0.777. The summed E-state index contributed by atoms with van der Waals surface area (Å²) in [6, 6.07) is 1.93. The quantitative estimate of drug-likeness (QED) is 0.422. The summed E-state index contributed by atoms with van der Waals surface area (Å²) in [6.07, 6.45) is 4.53. The highest BCUT2D eigenvalue weighted by Crippen LogP contribution is 2.13. The van der Waals surface area contributed by atoms with E-state index in [0.717, 1.165) is 17.3 Å². The van der Waals surface area contributed by atoms with Gasteiger partial charge in [0.15, 0.2) is 0 Å². The number of aromatic nitrogens is 2. The van der Waals surface area contributed by atoms with Crippen LogP contribution in [0.2, 0.25) is 0 Å². The molecule has 4 heteroatoms. The Kier molecular flexibility index (Phi) is 4.71. The number of rotatable bonds is 5. The zero-order chi connectivity index (χ0) is 8.65. The van der Waals surface area contributed by atoms with Crippen LogP contribution in [0, 0.1) is 0 Å². The first kappa shape index (κ1) is 9.48. The molecule has 1 N–H and O–H groups in total. The second-order valence-corrected chi connectivity index (χ2v) is 3.47. The highest BCUT2D eigenvalue weighted by Gasteiger charge is 1.92. The van der Waals surface area contributed by atoms with Gasteiger partial charge in [-0.25, -0.2) is 9.97 Å². The van der Waals surface area contributed by atoms with E-state index >= 15 is 0 Å². The van der Waals surface area contributed by atoms with Crippen LogP contribution in [0.5, 0.6) is 0 Å². The summed E-state index contributed by atoms with van der Waals surface area (Å²) in [5.74, 6) is 1.11. The monoisotopic (exact) mass is 183 g/mol. The van der Waals surface area contributed by atoms with E-state index in [9.17, 15) is 0 Å². The third kappa shape index (κ3) is 3.69. The lowest BCUT2D eigenvalue weighted by Crippen LogP contribution is -2.08. The van der Waals surface area contributed by atoms with Crippen molar-refractivity contribution in [1.29, 1.82) is 0 Å². The molecule has 0 saturated carbocycles. The fraction of sp³-hybridized carbons (Fsp3) is 0.500. The summed E-state index contributed by atoms with van der Waals surface area (Å²) >= 11 is 1.77. The fourth-order valence-electron chi connectivity index (χ4n) is 0.790. The van der Waals surface area contributed by atoms with E-state index in [1.807, 2.05) is 13.1 Å². The van der Waals surface area contributed by atoms with Crippen molar-refractivity contribution >= 4 is 11.8 Å². The molecule has 0 aromatic carbocycles. The van der Waals surface area contributed by atoms with E-state index in [1.54, 1.807) is 24.3 Å². The number of thioether (sulfide) groups is 1. The van der Waals surface area contributed by atoms with Gasteiger partial charge in [-0.1, -0.05) is 0 Å². The third-order valence-corrected chi connectivity index (χ3v) is 2.41. The summed E-state index contributed by atoms with van der Waals surface area (Å²) in [4.78, 5) is 7.96. The second kappa shape index (κ2) is 5.97. The smallest absolute Gasteiger partial charge is 0.116 e. The highest BCUT2D eigenvalue weighted by molar-refractivity contribution is 7.99. The van der Waals surface area contributed by atoms with Gasteiger partial charge in [0.1, 0.15) is 6.33 Å². The minimum absolute atomic E-state index is 1.06. The van der Waals surface area contributed by atoms with E-state index in [-0.39, 0.29) is 0 Å². The average Bonchev–Trinajstić information content (AvgIpc) is 2.14. The van der Waals surface area contributed by atoms with E-state index in [1.165, 1.54) is 6.42 Å². The molecule has 3 nitrogen and oxygen atoms in total. The summed E-state index contributed by atoms with van der Waals surface area (Å²) in [5.41, 5.74) is 0. The van der Waals surface area contributed by atoms with E-state index in [4.69, 9.17) is 0 Å². The Morgan fingerprint density at radius 1 is 1.58 bits per heavy atom. The molecule has 0 spiro atoms. The van der Waals surface area contributed by atoms with Gasteiger partial charge in [-0.3, -0.25) is 0 Å². The fourth-order valence-corrected chi connectivity index (χ4v) is 1.57. The van der Waals surface area contributed by atoms with Gasteiger partial charge in [-0.15, -0.1) is 11.8 Å². The second-order valence-electron chi connectivity index (χ2n) is 2.35. The molecule has 1 aromatic heterocycles. The van der Waals surface area contributed by atoms with Gasteiger partial charge in [0.25, 0.3) is 0 Å². The Balaban J connectivity index is 2.16. The van der Waals surface area contributed by atoms with Gasteiger partial charge in [-0.2, -0.15) is 0 Å². The molecule has 0 amide bonds. The Hall–Kier alpha value is -0.610. The molecule has 0 saturated heterocycles. The van der Waals surface area contributed by atoms with Crippen LogP contribution in [-0.4, -0.2) is 29.3 Å². The van der Waals surface area contributed by atoms with Crippen molar-refractivity contribution in [2.24, 2.45) is 0 Å². The van der Waals surface area contributed by atoms with Crippen molar-refractivity contribution in [2.75, 3.05) is 19.3 Å². The number of hydrogen-bond acceptors (Lipinski definition) is 4. The number of nitrogens with zero attached hydrogens (tertiary/aromatic N) is 2. The largest absolute Gasteiger partial charge is 0.320 e. The maximum Gasteiger partial charge on any atom is 0.116 e. The predicted octanol–water partition coefficient (Wildman–Crippen LogP) is 1.18. The van der Waals surface area contributed by atoms with E-state index in [0.29, 0.717) is 0 Å². The molecule has 0 atom stereocenters. The summed E-state index contributed by atoms with van der Waals surface area (Å²) in [6.45, 7) is 1.07. The predicted molar refractivity (Wildman–Crippen MR) is 51.3 cm³/mol. The Labute approximate surface area is 77.0 Å². The van der Waals surface area contributed by atoms with Crippen LogP contribution in [0.25, 0.3) is 0 Å². The third-order valence-electron chi connectivity index (χ3n) is 1.38. The Morgan fingerprint density at radius 2 is 2.50 bits per heavy atom. The van der Waals surface area contributed by atoms with Crippen molar-refractivity contribution in [2.45, 2.75) is 11.4 Å². The van der Waals surface area contributed by atoms with Gasteiger partial charge in [0, 0.05) is 11.9 Å². The average molecular weight is 183 g/mol. The lowest BCUT2D eigenvalue weighted by atomic mass is 10.5.